The zero-order chi connectivity index (χ0) is 7.71. The third-order valence-electron chi connectivity index (χ3n) is 0.376. The highest BCUT2D eigenvalue weighted by Gasteiger charge is 2.26. The molecule has 0 amide bonds. The molecule has 0 saturated carbocycles. The molecule has 0 heterocycles. The van der Waals surface area contributed by atoms with E-state index in [-0.39, 0.29) is 0 Å². The van der Waals surface area contributed by atoms with Gasteiger partial charge in [-0.05, 0) is 0 Å². The van der Waals surface area contributed by atoms with E-state index in [1.807, 2.05) is 0 Å². The Morgan fingerprint density at radius 1 is 1.22 bits per heavy atom. The summed E-state index contributed by atoms with van der Waals surface area (Å²) in [5.41, 5.74) is 0. The second-order valence-electron chi connectivity index (χ2n) is 1.50. The monoisotopic (exact) mass is 158 g/mol. The highest BCUT2D eigenvalue weighted by atomic mass is 32.2. The Bertz CT molecular complexity index is 172. The van der Waals surface area contributed by atoms with Crippen LogP contribution in [0.15, 0.2) is 0 Å². The van der Waals surface area contributed by atoms with Crippen LogP contribution < -0.4 is 0 Å². The van der Waals surface area contributed by atoms with Gasteiger partial charge in [-0.1, -0.05) is 0 Å². The van der Waals surface area contributed by atoms with Crippen LogP contribution in [0.1, 0.15) is 0 Å². The molecule has 0 aromatic carbocycles. The molecular weight excluding hydrogens is 152 g/mol. The van der Waals surface area contributed by atoms with Crippen molar-refractivity contribution in [3.63, 3.8) is 0 Å². The van der Waals surface area contributed by atoms with E-state index in [1.165, 1.54) is 0 Å². The van der Waals surface area contributed by atoms with E-state index in [2.05, 4.69) is 0 Å². The van der Waals surface area contributed by atoms with Gasteiger partial charge < -0.3 is 15.3 Å². The molecule has 7 heteroatoms. The summed E-state index contributed by atoms with van der Waals surface area (Å²) in [7, 11) is -4.53. The van der Waals surface area contributed by atoms with Crippen molar-refractivity contribution in [1.82, 2.24) is 0 Å². The minimum absolute atomic E-state index is 1.51. The van der Waals surface area contributed by atoms with Gasteiger partial charge in [0.1, 0.15) is 0 Å². The normalized spacial score (nSPS) is 13.8. The summed E-state index contributed by atoms with van der Waals surface area (Å²) >= 11 is 0. The quantitative estimate of drug-likeness (QED) is 0.261. The number of aliphatic hydroxyl groups is 3. The van der Waals surface area contributed by atoms with E-state index in [0.29, 0.717) is 0 Å². The molecule has 0 aliphatic heterocycles. The molecule has 0 rings (SSSR count). The summed E-state index contributed by atoms with van der Waals surface area (Å²) in [6, 6.07) is 0. The molecule has 0 radical (unpaired) electrons. The number of rotatable bonds is 2. The second kappa shape index (κ2) is 2.20. The molecule has 4 N–H and O–H groups in total. The zero-order valence-electron chi connectivity index (χ0n) is 4.22. The molecule has 0 fully saturated rings. The first kappa shape index (κ1) is 8.79. The van der Waals surface area contributed by atoms with Crippen molar-refractivity contribution in [2.24, 2.45) is 0 Å². The van der Waals surface area contributed by atoms with Crippen LogP contribution in [0.4, 0.5) is 0 Å². The highest BCUT2D eigenvalue weighted by Crippen LogP contribution is 1.96. The molecule has 0 aromatic heterocycles. The molecular formula is C2H6O6S. The molecule has 6 nitrogen and oxygen atoms in total. The molecule has 56 valence electrons. The number of hydrogen-bond donors (Lipinski definition) is 4. The van der Waals surface area contributed by atoms with Crippen LogP contribution in [0.3, 0.4) is 0 Å². The second-order valence-corrected chi connectivity index (χ2v) is 2.95. The Morgan fingerprint density at radius 2 is 1.56 bits per heavy atom. The van der Waals surface area contributed by atoms with Crippen LogP contribution in [0, 0.1) is 0 Å². The predicted octanol–water partition coefficient (Wildman–Crippen LogP) is -2.50. The number of hydrogen-bond acceptors (Lipinski definition) is 5. The fourth-order valence-electron chi connectivity index (χ4n) is 0.245. The van der Waals surface area contributed by atoms with Crippen molar-refractivity contribution in [3.8, 4) is 0 Å². The topological polar surface area (TPSA) is 115 Å². The molecule has 0 saturated heterocycles. The Morgan fingerprint density at radius 3 is 1.56 bits per heavy atom. The van der Waals surface area contributed by atoms with Gasteiger partial charge in [0.05, 0.1) is 0 Å². The van der Waals surface area contributed by atoms with E-state index < -0.39 is 21.8 Å². The van der Waals surface area contributed by atoms with E-state index >= 15 is 0 Å². The van der Waals surface area contributed by atoms with Gasteiger partial charge in [-0.2, -0.15) is 8.42 Å². The lowest BCUT2D eigenvalue weighted by atomic mass is 10.7. The molecule has 0 unspecified atom stereocenters. The highest BCUT2D eigenvalue weighted by molar-refractivity contribution is 7.85. The maximum atomic E-state index is 9.72. The van der Waals surface area contributed by atoms with Crippen LogP contribution in [0.5, 0.6) is 0 Å². The Balaban J connectivity index is 4.07. The SMILES string of the molecule is O=S(=O)(O)CC(O)(O)O. The third kappa shape index (κ3) is 7.79. The fraction of sp³-hybridized carbons (Fsp3) is 1.00. The average Bonchev–Trinajstić information content (AvgIpc) is 1.14. The van der Waals surface area contributed by atoms with Gasteiger partial charge in [-0.3, -0.25) is 4.55 Å². The van der Waals surface area contributed by atoms with Gasteiger partial charge in [0, 0.05) is 0 Å². The van der Waals surface area contributed by atoms with Crippen LogP contribution >= 0.6 is 0 Å². The standard InChI is InChI=1S/C2H6O6S/c3-2(4,5)1-9(6,7)8/h3-5H,1H2,(H,6,7,8). The van der Waals surface area contributed by atoms with Crippen molar-refractivity contribution in [2.45, 2.75) is 5.97 Å². The van der Waals surface area contributed by atoms with Crippen LogP contribution in [0.25, 0.3) is 0 Å². The summed E-state index contributed by atoms with van der Waals surface area (Å²) in [4.78, 5) is 0. The van der Waals surface area contributed by atoms with Crippen molar-refractivity contribution in [3.05, 3.63) is 0 Å². The molecule has 0 aromatic rings. The lowest BCUT2D eigenvalue weighted by Crippen LogP contribution is -2.36. The van der Waals surface area contributed by atoms with Gasteiger partial charge in [-0.15, -0.1) is 0 Å². The molecule has 0 atom stereocenters. The van der Waals surface area contributed by atoms with Crippen LogP contribution in [0.2, 0.25) is 0 Å². The Hall–Kier alpha value is -0.210. The smallest absolute Gasteiger partial charge is 0.292 e. The van der Waals surface area contributed by atoms with E-state index in [1.54, 1.807) is 0 Å². The first-order chi connectivity index (χ1) is 3.71. The van der Waals surface area contributed by atoms with Gasteiger partial charge in [0.25, 0.3) is 16.1 Å². The third-order valence-corrected chi connectivity index (χ3v) is 1.13. The predicted molar refractivity (Wildman–Crippen MR) is 25.8 cm³/mol. The molecule has 0 spiro atoms. The maximum absolute atomic E-state index is 9.72. The fourth-order valence-corrected chi connectivity index (χ4v) is 0.734. The summed E-state index contributed by atoms with van der Waals surface area (Å²) in [6.07, 6.45) is 0. The largest absolute Gasteiger partial charge is 0.343 e. The summed E-state index contributed by atoms with van der Waals surface area (Å²) in [6.45, 7) is 0. The summed E-state index contributed by atoms with van der Waals surface area (Å²) in [5.74, 6) is -4.87. The van der Waals surface area contributed by atoms with Crippen molar-refractivity contribution in [2.75, 3.05) is 5.75 Å². The van der Waals surface area contributed by atoms with E-state index in [4.69, 9.17) is 19.9 Å². The Labute approximate surface area is 51.1 Å². The maximum Gasteiger partial charge on any atom is 0.292 e. The minimum Gasteiger partial charge on any atom is -0.343 e. The lowest BCUT2D eigenvalue weighted by Gasteiger charge is -2.09. The van der Waals surface area contributed by atoms with Gasteiger partial charge in [-0.25, -0.2) is 0 Å². The average molecular weight is 158 g/mol. The Kier molecular flexibility index (Phi) is 2.14. The molecule has 0 aliphatic carbocycles. The van der Waals surface area contributed by atoms with E-state index in [9.17, 15) is 8.42 Å². The van der Waals surface area contributed by atoms with Crippen LogP contribution in [-0.4, -0.2) is 40.0 Å². The van der Waals surface area contributed by atoms with E-state index in [0.717, 1.165) is 0 Å². The molecule has 9 heavy (non-hydrogen) atoms. The van der Waals surface area contributed by atoms with Gasteiger partial charge >= 0.3 is 0 Å². The lowest BCUT2D eigenvalue weighted by molar-refractivity contribution is -0.294. The zero-order valence-corrected chi connectivity index (χ0v) is 5.04. The van der Waals surface area contributed by atoms with Crippen molar-refractivity contribution < 1.29 is 28.3 Å². The molecule has 0 aliphatic rings. The van der Waals surface area contributed by atoms with Gasteiger partial charge in [0.15, 0.2) is 5.75 Å². The molecule has 0 bridgehead atoms. The first-order valence-corrected chi connectivity index (χ1v) is 3.44. The summed E-state index contributed by atoms with van der Waals surface area (Å²) in [5, 5.41) is 23.8. The van der Waals surface area contributed by atoms with Crippen LogP contribution in [-0.2, 0) is 10.1 Å². The van der Waals surface area contributed by atoms with Crippen molar-refractivity contribution in [1.29, 1.82) is 0 Å². The minimum atomic E-state index is -4.53. The first-order valence-electron chi connectivity index (χ1n) is 1.83. The summed E-state index contributed by atoms with van der Waals surface area (Å²) < 4.78 is 27.3. The van der Waals surface area contributed by atoms with Crippen molar-refractivity contribution >= 4 is 10.1 Å². The van der Waals surface area contributed by atoms with Gasteiger partial charge in [0.2, 0.25) is 0 Å².